The molecule has 0 saturated carbocycles. The summed E-state index contributed by atoms with van der Waals surface area (Å²) in [6, 6.07) is 95.6. The summed E-state index contributed by atoms with van der Waals surface area (Å²) < 4.78 is 5.16. The van der Waals surface area contributed by atoms with Gasteiger partial charge in [0.25, 0.3) is 0 Å². The van der Waals surface area contributed by atoms with Crippen LogP contribution in [-0.4, -0.2) is 9.13 Å². The lowest BCUT2D eigenvalue weighted by Crippen LogP contribution is -2.37. The van der Waals surface area contributed by atoms with Crippen LogP contribution in [0.2, 0.25) is 0 Å². The normalized spacial score (nSPS) is 16.2. The van der Waals surface area contributed by atoms with Gasteiger partial charge in [-0.05, 0) is 177 Å². The minimum atomic E-state index is -0.258. The minimum Gasteiger partial charge on any atom is -0.309 e. The highest BCUT2D eigenvalue weighted by atomic mass is 15.0. The van der Waals surface area contributed by atoms with E-state index in [1.807, 2.05) is 0 Å². The van der Waals surface area contributed by atoms with E-state index in [4.69, 9.17) is 0 Å². The van der Waals surface area contributed by atoms with Crippen LogP contribution in [0.1, 0.15) is 55.9 Å². The summed E-state index contributed by atoms with van der Waals surface area (Å²) >= 11 is 0. The van der Waals surface area contributed by atoms with Gasteiger partial charge in [-0.3, -0.25) is 0 Å². The molecule has 2 unspecified atom stereocenters. The van der Waals surface area contributed by atoms with E-state index >= 15 is 0 Å². The predicted molar refractivity (Wildman–Crippen MR) is 346 cm³/mol. The van der Waals surface area contributed by atoms with Crippen molar-refractivity contribution in [1.82, 2.24) is 9.13 Å². The van der Waals surface area contributed by atoms with Crippen molar-refractivity contribution >= 4 is 66.4 Å². The van der Waals surface area contributed by atoms with Crippen molar-refractivity contribution in [3.8, 4) is 67.0 Å². The van der Waals surface area contributed by atoms with Gasteiger partial charge >= 0.3 is 0 Å². The molecule has 0 amide bonds. The van der Waals surface area contributed by atoms with Crippen LogP contribution in [-0.2, 0) is 10.8 Å². The highest BCUT2D eigenvalue weighted by Crippen LogP contribution is 2.59. The monoisotopic (exact) mass is 1050 g/mol. The second kappa shape index (κ2) is 17.4. The van der Waals surface area contributed by atoms with Gasteiger partial charge in [0.2, 0.25) is 0 Å². The van der Waals surface area contributed by atoms with Crippen LogP contribution in [0.5, 0.6) is 0 Å². The summed E-state index contributed by atoms with van der Waals surface area (Å²) in [6.45, 7) is 9.98. The molecule has 0 bridgehead atoms. The Bertz CT molecular complexity index is 5020. The number of hydrogen-bond acceptors (Lipinski definition) is 0. The van der Waals surface area contributed by atoms with Crippen molar-refractivity contribution in [2.45, 2.75) is 44.4 Å². The zero-order valence-electron chi connectivity index (χ0n) is 46.5. The van der Waals surface area contributed by atoms with E-state index in [-0.39, 0.29) is 22.7 Å². The Labute approximate surface area is 477 Å². The lowest BCUT2D eigenvalue weighted by atomic mass is 9.74. The van der Waals surface area contributed by atoms with E-state index in [1.165, 1.54) is 148 Å². The second-order valence-electron chi connectivity index (χ2n) is 24.5. The maximum Gasteiger partial charge on any atom is 0.0547 e. The van der Waals surface area contributed by atoms with Crippen LogP contribution in [0, 0.1) is 5.92 Å². The van der Waals surface area contributed by atoms with Crippen LogP contribution < -0.4 is 10.6 Å². The van der Waals surface area contributed by atoms with E-state index in [9.17, 15) is 0 Å². The van der Waals surface area contributed by atoms with Gasteiger partial charge in [0.05, 0.1) is 21.9 Å². The molecule has 17 rings (SSSR count). The van der Waals surface area contributed by atoms with E-state index < -0.39 is 0 Å². The summed E-state index contributed by atoms with van der Waals surface area (Å²) in [6.07, 6.45) is 5.36. The molecule has 0 radical (unpaired) electrons. The van der Waals surface area contributed by atoms with Crippen LogP contribution in [0.3, 0.4) is 0 Å². The van der Waals surface area contributed by atoms with Gasteiger partial charge in [0.15, 0.2) is 0 Å². The molecule has 0 N–H and O–H groups in total. The van der Waals surface area contributed by atoms with Gasteiger partial charge in [0.1, 0.15) is 0 Å². The summed E-state index contributed by atoms with van der Waals surface area (Å²) in [7, 11) is 0. The van der Waals surface area contributed by atoms with E-state index in [1.54, 1.807) is 0 Å². The first-order valence-corrected chi connectivity index (χ1v) is 29.1. The maximum absolute atomic E-state index is 2.69. The standard InChI is InChI=1S/C80H58N2/c1-79(2)69-43-64-66-48-76-68(78-62-32-20-18-30-54(62)34-36-74(78)82(76)60-41-57(51-25-13-7-14-26-51)38-58(42-60)52-27-15-8-16-28-52)46-72(66)80(3,4)70(64)44-63(69)65-47-75-67(45-71(65)79)77-61-31-19-17-29-53(61)33-35-73(77)81(75)59-39-55(49-21-9-5-10-22-49)37-56(40-59)50-23-11-6-12-24-50/h5-48,65,71H,1-4H3. The molecule has 0 fully saturated rings. The molecule has 2 atom stereocenters. The Morgan fingerprint density at radius 2 is 0.780 bits per heavy atom. The van der Waals surface area contributed by atoms with Crippen molar-refractivity contribution in [1.29, 1.82) is 0 Å². The number of aromatic nitrogens is 2. The van der Waals surface area contributed by atoms with Crippen molar-refractivity contribution < 1.29 is 0 Å². The Balaban J connectivity index is 0.894. The molecule has 2 heteroatoms. The molecular weight excluding hydrogens is 989 g/mol. The van der Waals surface area contributed by atoms with Gasteiger partial charge < -0.3 is 9.13 Å². The van der Waals surface area contributed by atoms with E-state index in [0.29, 0.717) is 0 Å². The molecule has 388 valence electrons. The summed E-state index contributed by atoms with van der Waals surface area (Å²) in [5.41, 5.74) is 23.7. The Morgan fingerprint density at radius 3 is 1.32 bits per heavy atom. The molecule has 3 aliphatic carbocycles. The topological polar surface area (TPSA) is 9.86 Å². The van der Waals surface area contributed by atoms with Gasteiger partial charge in [-0.25, -0.2) is 0 Å². The first kappa shape index (κ1) is 47.1. The third-order valence-corrected chi connectivity index (χ3v) is 19.3. The maximum atomic E-state index is 2.69. The number of rotatable bonds is 6. The average Bonchev–Trinajstić information content (AvgIpc) is 2.72. The lowest BCUT2D eigenvalue weighted by molar-refractivity contribution is 0.421. The van der Waals surface area contributed by atoms with Crippen LogP contribution in [0.15, 0.2) is 255 Å². The minimum absolute atomic E-state index is 0.160. The fourth-order valence-electron chi connectivity index (χ4n) is 15.3. The summed E-state index contributed by atoms with van der Waals surface area (Å²) in [5.74, 6) is 0.430. The highest BCUT2D eigenvalue weighted by molar-refractivity contribution is 6.22. The number of nitrogens with zero attached hydrogens (tertiary/aromatic N) is 2. The van der Waals surface area contributed by atoms with Gasteiger partial charge in [0, 0.05) is 44.1 Å². The molecule has 0 saturated heterocycles. The van der Waals surface area contributed by atoms with Gasteiger partial charge in [-0.15, -0.1) is 0 Å². The largest absolute Gasteiger partial charge is 0.309 e. The number of hydrogen-bond donors (Lipinski definition) is 0. The third kappa shape index (κ3) is 6.82. The van der Waals surface area contributed by atoms with Gasteiger partial charge in [-0.1, -0.05) is 228 Å². The Morgan fingerprint density at radius 1 is 0.329 bits per heavy atom. The van der Waals surface area contributed by atoms with Crippen molar-refractivity contribution in [3.63, 3.8) is 0 Å². The molecule has 2 heterocycles. The smallest absolute Gasteiger partial charge is 0.0547 e. The average molecular weight is 1050 g/mol. The zero-order valence-corrected chi connectivity index (χ0v) is 46.5. The lowest BCUT2D eigenvalue weighted by Gasteiger charge is -2.29. The van der Waals surface area contributed by atoms with Crippen molar-refractivity contribution in [2.75, 3.05) is 0 Å². The first-order valence-electron chi connectivity index (χ1n) is 29.1. The molecule has 0 spiro atoms. The van der Waals surface area contributed by atoms with Crippen LogP contribution >= 0.6 is 0 Å². The molecule has 12 aromatic carbocycles. The first-order chi connectivity index (χ1) is 40.2. The highest BCUT2D eigenvalue weighted by Gasteiger charge is 2.48. The van der Waals surface area contributed by atoms with Crippen molar-refractivity contribution in [3.05, 3.63) is 288 Å². The SMILES string of the molecule is CC1(C)c2cc3c(cc2-c2cc4c(cc21)c1c2ccccc2ccc1n4-c1cc(-c2ccccc2)cc(-c2ccccc2)c1)C(C)(C)C1C=c2c(n(-c4cc(-c5ccccc5)cc(-c5ccccc5)c4)c4ccc5ccccc5c24)=CC31. The molecule has 82 heavy (non-hydrogen) atoms. The van der Waals surface area contributed by atoms with Gasteiger partial charge in [-0.2, -0.15) is 0 Å². The van der Waals surface area contributed by atoms with E-state index in [0.717, 1.165) is 5.69 Å². The molecule has 2 nitrogen and oxygen atoms in total. The Hall–Kier alpha value is -9.76. The number of fused-ring (bicyclic) bond motifs is 16. The summed E-state index contributed by atoms with van der Waals surface area (Å²) in [5, 5.41) is 11.6. The molecular formula is C80H58N2. The Kier molecular flexibility index (Phi) is 9.98. The molecule has 0 aliphatic heterocycles. The predicted octanol–water partition coefficient (Wildman–Crippen LogP) is 19.3. The zero-order chi connectivity index (χ0) is 54.6. The molecule has 14 aromatic rings. The second-order valence-corrected chi connectivity index (χ2v) is 24.5. The van der Waals surface area contributed by atoms with Crippen LogP contribution in [0.4, 0.5) is 0 Å². The van der Waals surface area contributed by atoms with Crippen LogP contribution in [0.25, 0.3) is 133 Å². The third-order valence-electron chi connectivity index (χ3n) is 19.3. The van der Waals surface area contributed by atoms with E-state index in [2.05, 4.69) is 304 Å². The molecule has 2 aromatic heterocycles. The quantitative estimate of drug-likeness (QED) is 0.157. The van der Waals surface area contributed by atoms with Crippen molar-refractivity contribution in [2.24, 2.45) is 5.92 Å². The molecule has 3 aliphatic rings. The fourth-order valence-corrected chi connectivity index (χ4v) is 15.3. The summed E-state index contributed by atoms with van der Waals surface area (Å²) in [4.78, 5) is 0. The number of benzene rings is 12. The fraction of sp³-hybridized carbons (Fsp3) is 0.100.